The molecule has 2 aromatic heterocycles. The molecule has 1 aliphatic rings. The lowest BCUT2D eigenvalue weighted by atomic mass is 10.1. The van der Waals surface area contributed by atoms with Crippen LogP contribution in [-0.4, -0.2) is 36.3 Å². The van der Waals surface area contributed by atoms with E-state index in [-0.39, 0.29) is 0 Å². The molecule has 28 heavy (non-hydrogen) atoms. The number of ether oxygens (including phenoxy) is 1. The Kier molecular flexibility index (Phi) is 4.39. The van der Waals surface area contributed by atoms with Crippen LogP contribution in [0.15, 0.2) is 71.3 Å². The molecule has 2 aromatic carbocycles. The van der Waals surface area contributed by atoms with Crippen LogP contribution in [0.3, 0.4) is 0 Å². The van der Waals surface area contributed by atoms with Crippen molar-refractivity contribution >= 4 is 28.6 Å². The maximum absolute atomic E-state index is 5.80. The number of hydrogen-bond acceptors (Lipinski definition) is 6. The second-order valence-electron chi connectivity index (χ2n) is 6.70. The topological polar surface area (TPSA) is 63.4 Å². The fraction of sp³-hybridized carbons (Fsp3) is 0.182. The zero-order chi connectivity index (χ0) is 18.8. The van der Waals surface area contributed by atoms with Crippen molar-refractivity contribution in [2.75, 3.05) is 36.5 Å². The number of rotatable bonds is 4. The number of benzene rings is 2. The molecule has 0 aliphatic carbocycles. The molecule has 1 saturated heterocycles. The minimum atomic E-state index is 0.485. The van der Waals surface area contributed by atoms with Crippen molar-refractivity contribution in [1.29, 1.82) is 0 Å². The first-order valence-corrected chi connectivity index (χ1v) is 9.37. The van der Waals surface area contributed by atoms with E-state index in [1.807, 2.05) is 54.7 Å². The number of anilines is 3. The Balaban J connectivity index is 1.38. The van der Waals surface area contributed by atoms with Crippen LogP contribution in [0.5, 0.6) is 0 Å². The molecule has 0 atom stereocenters. The SMILES string of the molecule is c1ccc(Nc2nc3cc(-c4ccc(N5CCOCC5)nc4)ccc3o2)cc1. The molecule has 0 saturated carbocycles. The van der Waals surface area contributed by atoms with Crippen LogP contribution in [0.1, 0.15) is 0 Å². The van der Waals surface area contributed by atoms with E-state index in [0.717, 1.165) is 60.0 Å². The summed E-state index contributed by atoms with van der Waals surface area (Å²) in [6.07, 6.45) is 1.91. The first kappa shape index (κ1) is 16.8. The summed E-state index contributed by atoms with van der Waals surface area (Å²) in [6.45, 7) is 3.28. The van der Waals surface area contributed by atoms with Gasteiger partial charge >= 0.3 is 0 Å². The summed E-state index contributed by atoms with van der Waals surface area (Å²) in [5.41, 5.74) is 4.62. The van der Waals surface area contributed by atoms with Gasteiger partial charge in [0, 0.05) is 30.5 Å². The van der Waals surface area contributed by atoms with Gasteiger partial charge in [0.05, 0.1) is 13.2 Å². The number of pyridine rings is 1. The first-order valence-electron chi connectivity index (χ1n) is 9.37. The predicted molar refractivity (Wildman–Crippen MR) is 110 cm³/mol. The lowest BCUT2D eigenvalue weighted by molar-refractivity contribution is 0.122. The van der Waals surface area contributed by atoms with Gasteiger partial charge in [-0.15, -0.1) is 0 Å². The third-order valence-corrected chi connectivity index (χ3v) is 4.83. The van der Waals surface area contributed by atoms with E-state index < -0.39 is 0 Å². The van der Waals surface area contributed by atoms with E-state index in [4.69, 9.17) is 9.15 Å². The number of nitrogens with one attached hydrogen (secondary N) is 1. The molecule has 4 aromatic rings. The largest absolute Gasteiger partial charge is 0.423 e. The Morgan fingerprint density at radius 3 is 2.50 bits per heavy atom. The Hall–Kier alpha value is -3.38. The highest BCUT2D eigenvalue weighted by Crippen LogP contribution is 2.28. The summed E-state index contributed by atoms with van der Waals surface area (Å²) in [7, 11) is 0. The quantitative estimate of drug-likeness (QED) is 0.570. The molecular weight excluding hydrogens is 352 g/mol. The smallest absolute Gasteiger partial charge is 0.300 e. The van der Waals surface area contributed by atoms with Gasteiger partial charge in [0.15, 0.2) is 5.58 Å². The molecule has 3 heterocycles. The van der Waals surface area contributed by atoms with E-state index in [2.05, 4.69) is 32.3 Å². The van der Waals surface area contributed by atoms with E-state index in [0.29, 0.717) is 6.01 Å². The van der Waals surface area contributed by atoms with Gasteiger partial charge in [-0.05, 0) is 42.0 Å². The van der Waals surface area contributed by atoms with Gasteiger partial charge in [0.2, 0.25) is 0 Å². The molecule has 1 aliphatic heterocycles. The maximum atomic E-state index is 5.80. The van der Waals surface area contributed by atoms with Crippen molar-refractivity contribution in [2.24, 2.45) is 0 Å². The van der Waals surface area contributed by atoms with E-state index >= 15 is 0 Å². The van der Waals surface area contributed by atoms with Gasteiger partial charge < -0.3 is 19.4 Å². The van der Waals surface area contributed by atoms with Gasteiger partial charge in [-0.1, -0.05) is 24.3 Å². The molecule has 0 spiro atoms. The summed E-state index contributed by atoms with van der Waals surface area (Å²) in [6, 6.07) is 20.5. The molecule has 0 bridgehead atoms. The van der Waals surface area contributed by atoms with Crippen molar-refractivity contribution in [3.8, 4) is 11.1 Å². The number of para-hydroxylation sites is 1. The predicted octanol–water partition coefficient (Wildman–Crippen LogP) is 4.47. The zero-order valence-electron chi connectivity index (χ0n) is 15.3. The van der Waals surface area contributed by atoms with E-state index in [9.17, 15) is 0 Å². The fourth-order valence-electron chi connectivity index (χ4n) is 3.34. The third kappa shape index (κ3) is 3.42. The van der Waals surface area contributed by atoms with Crippen LogP contribution >= 0.6 is 0 Å². The highest BCUT2D eigenvalue weighted by atomic mass is 16.5. The van der Waals surface area contributed by atoms with Crippen molar-refractivity contribution in [2.45, 2.75) is 0 Å². The number of nitrogens with zero attached hydrogens (tertiary/aromatic N) is 3. The van der Waals surface area contributed by atoms with E-state index in [1.54, 1.807) is 0 Å². The lowest BCUT2D eigenvalue weighted by Crippen LogP contribution is -2.36. The maximum Gasteiger partial charge on any atom is 0.300 e. The van der Waals surface area contributed by atoms with Gasteiger partial charge in [-0.25, -0.2) is 4.98 Å². The molecule has 5 rings (SSSR count). The second kappa shape index (κ2) is 7.32. The number of aromatic nitrogens is 2. The van der Waals surface area contributed by atoms with Crippen LogP contribution in [0.4, 0.5) is 17.5 Å². The third-order valence-electron chi connectivity index (χ3n) is 4.83. The van der Waals surface area contributed by atoms with Crippen molar-refractivity contribution in [1.82, 2.24) is 9.97 Å². The van der Waals surface area contributed by atoms with Gasteiger partial charge in [-0.3, -0.25) is 0 Å². The normalized spacial score (nSPS) is 14.4. The highest BCUT2D eigenvalue weighted by molar-refractivity contribution is 5.82. The molecule has 0 unspecified atom stereocenters. The summed E-state index contributed by atoms with van der Waals surface area (Å²) in [4.78, 5) is 11.4. The summed E-state index contributed by atoms with van der Waals surface area (Å²) in [5.74, 6) is 0.990. The summed E-state index contributed by atoms with van der Waals surface area (Å²) in [5, 5.41) is 3.19. The van der Waals surface area contributed by atoms with Gasteiger partial charge in [0.1, 0.15) is 11.3 Å². The summed E-state index contributed by atoms with van der Waals surface area (Å²) < 4.78 is 11.2. The Bertz CT molecular complexity index is 1070. The van der Waals surface area contributed by atoms with E-state index in [1.165, 1.54) is 0 Å². The number of morpholine rings is 1. The first-order chi connectivity index (χ1) is 13.8. The molecular formula is C22H20N4O2. The Morgan fingerprint density at radius 2 is 1.71 bits per heavy atom. The molecule has 6 heteroatoms. The Labute approximate surface area is 162 Å². The lowest BCUT2D eigenvalue weighted by Gasteiger charge is -2.27. The average Bonchev–Trinajstić information content (AvgIpc) is 3.16. The standard InChI is InChI=1S/C22H20N4O2/c1-2-4-18(5-3-1)24-22-25-19-14-16(6-8-20(19)28-22)17-7-9-21(23-15-17)26-10-12-27-13-11-26/h1-9,14-15H,10-13H2,(H,24,25). The minimum Gasteiger partial charge on any atom is -0.423 e. The molecule has 0 amide bonds. The van der Waals surface area contributed by atoms with Gasteiger partial charge in [0.25, 0.3) is 6.01 Å². The second-order valence-corrected chi connectivity index (χ2v) is 6.70. The zero-order valence-corrected chi connectivity index (χ0v) is 15.3. The Morgan fingerprint density at radius 1 is 0.893 bits per heavy atom. The monoisotopic (exact) mass is 372 g/mol. The molecule has 1 fully saturated rings. The molecule has 6 nitrogen and oxygen atoms in total. The fourth-order valence-corrected chi connectivity index (χ4v) is 3.34. The minimum absolute atomic E-state index is 0.485. The highest BCUT2D eigenvalue weighted by Gasteiger charge is 2.13. The number of hydrogen-bond donors (Lipinski definition) is 1. The van der Waals surface area contributed by atoms with Crippen molar-refractivity contribution in [3.05, 3.63) is 66.9 Å². The van der Waals surface area contributed by atoms with Crippen molar-refractivity contribution in [3.63, 3.8) is 0 Å². The summed E-state index contributed by atoms with van der Waals surface area (Å²) >= 11 is 0. The van der Waals surface area contributed by atoms with Crippen LogP contribution in [0, 0.1) is 0 Å². The van der Waals surface area contributed by atoms with Crippen LogP contribution < -0.4 is 10.2 Å². The molecule has 1 N–H and O–H groups in total. The number of oxazole rings is 1. The average molecular weight is 372 g/mol. The van der Waals surface area contributed by atoms with Crippen molar-refractivity contribution < 1.29 is 9.15 Å². The van der Waals surface area contributed by atoms with Crippen LogP contribution in [0.25, 0.3) is 22.2 Å². The molecule has 0 radical (unpaired) electrons. The van der Waals surface area contributed by atoms with Gasteiger partial charge in [-0.2, -0.15) is 4.98 Å². The van der Waals surface area contributed by atoms with Crippen LogP contribution in [-0.2, 0) is 4.74 Å². The number of fused-ring (bicyclic) bond motifs is 1. The molecule has 140 valence electrons. The van der Waals surface area contributed by atoms with Crippen LogP contribution in [0.2, 0.25) is 0 Å².